The fourth-order valence-corrected chi connectivity index (χ4v) is 1.74. The van der Waals surface area contributed by atoms with E-state index < -0.39 is 0 Å². The molecule has 0 aliphatic rings. The molecule has 0 saturated carbocycles. The van der Waals surface area contributed by atoms with Crippen LogP contribution in [0.5, 0.6) is 0 Å². The summed E-state index contributed by atoms with van der Waals surface area (Å²) in [5, 5.41) is 9.40. The lowest BCUT2D eigenvalue weighted by atomic mass is 10.2. The molecule has 3 aromatic rings. The van der Waals surface area contributed by atoms with Crippen molar-refractivity contribution in [2.24, 2.45) is 7.05 Å². The molecule has 74 valence electrons. The summed E-state index contributed by atoms with van der Waals surface area (Å²) >= 11 is 0. The van der Waals surface area contributed by atoms with Crippen molar-refractivity contribution in [3.05, 3.63) is 42.9 Å². The third-order valence-corrected chi connectivity index (χ3v) is 2.52. The van der Waals surface area contributed by atoms with Crippen molar-refractivity contribution in [2.45, 2.75) is 0 Å². The molecule has 0 bridgehead atoms. The van der Waals surface area contributed by atoms with Gasteiger partial charge in [0.1, 0.15) is 0 Å². The van der Waals surface area contributed by atoms with Crippen LogP contribution >= 0.6 is 0 Å². The van der Waals surface area contributed by atoms with E-state index in [9.17, 15) is 0 Å². The largest absolute Gasteiger partial charge is 0.351 e. The van der Waals surface area contributed by atoms with Crippen molar-refractivity contribution >= 4 is 10.9 Å². The van der Waals surface area contributed by atoms with Crippen LogP contribution in [0.2, 0.25) is 0 Å². The zero-order chi connectivity index (χ0) is 10.3. The van der Waals surface area contributed by atoms with E-state index in [0.29, 0.717) is 0 Å². The molecule has 0 aliphatic carbocycles. The number of benzene rings is 1. The standard InChI is InChI=1S/C11H10N4/c1-14-7-4-9-8-10(2-3-11(9)14)15-12-5-6-13-15/h2-8H,1H3. The third-order valence-electron chi connectivity index (χ3n) is 2.52. The maximum Gasteiger partial charge on any atom is 0.0864 e. The minimum atomic E-state index is 0.985. The van der Waals surface area contributed by atoms with Crippen LogP contribution in [-0.4, -0.2) is 19.6 Å². The maximum absolute atomic E-state index is 4.10. The van der Waals surface area contributed by atoms with Gasteiger partial charge in [0, 0.05) is 24.1 Å². The number of rotatable bonds is 1. The highest BCUT2D eigenvalue weighted by atomic mass is 15.5. The van der Waals surface area contributed by atoms with Crippen molar-refractivity contribution < 1.29 is 0 Å². The Bertz CT molecular complexity index is 592. The Morgan fingerprint density at radius 2 is 1.87 bits per heavy atom. The van der Waals surface area contributed by atoms with Gasteiger partial charge in [-0.15, -0.1) is 0 Å². The Morgan fingerprint density at radius 3 is 2.67 bits per heavy atom. The number of hydrogen-bond acceptors (Lipinski definition) is 2. The highest BCUT2D eigenvalue weighted by Gasteiger charge is 2.01. The van der Waals surface area contributed by atoms with E-state index in [2.05, 4.69) is 33.0 Å². The number of aromatic nitrogens is 4. The van der Waals surface area contributed by atoms with Crippen molar-refractivity contribution in [1.82, 2.24) is 19.6 Å². The third kappa shape index (κ3) is 1.22. The van der Waals surface area contributed by atoms with E-state index in [-0.39, 0.29) is 0 Å². The highest BCUT2D eigenvalue weighted by molar-refractivity contribution is 5.82. The number of fused-ring (bicyclic) bond motifs is 1. The molecule has 3 rings (SSSR count). The lowest BCUT2D eigenvalue weighted by Crippen LogP contribution is -1.97. The van der Waals surface area contributed by atoms with Crippen LogP contribution < -0.4 is 0 Å². The SMILES string of the molecule is Cn1ccc2cc(-n3nccn3)ccc21. The van der Waals surface area contributed by atoms with Crippen LogP contribution in [0, 0.1) is 0 Å². The fraction of sp³-hybridized carbons (Fsp3) is 0.0909. The second kappa shape index (κ2) is 2.95. The minimum Gasteiger partial charge on any atom is -0.351 e. The summed E-state index contributed by atoms with van der Waals surface area (Å²) in [4.78, 5) is 1.62. The first kappa shape index (κ1) is 8.23. The molecule has 0 fully saturated rings. The minimum absolute atomic E-state index is 0.985. The predicted octanol–water partition coefficient (Wildman–Crippen LogP) is 1.76. The molecule has 0 unspecified atom stereocenters. The maximum atomic E-state index is 4.10. The number of nitrogens with zero attached hydrogens (tertiary/aromatic N) is 4. The van der Waals surface area contributed by atoms with Crippen LogP contribution in [0.15, 0.2) is 42.9 Å². The molecule has 0 spiro atoms. The summed E-state index contributed by atoms with van der Waals surface area (Å²) in [6.45, 7) is 0. The lowest BCUT2D eigenvalue weighted by molar-refractivity contribution is 0.753. The first-order valence-electron chi connectivity index (χ1n) is 4.76. The van der Waals surface area contributed by atoms with Gasteiger partial charge in [-0.2, -0.15) is 15.0 Å². The van der Waals surface area contributed by atoms with Gasteiger partial charge < -0.3 is 4.57 Å². The number of aryl methyl sites for hydroxylation is 1. The van der Waals surface area contributed by atoms with Crippen molar-refractivity contribution in [3.63, 3.8) is 0 Å². The molecule has 1 aromatic carbocycles. The average Bonchev–Trinajstić information content (AvgIpc) is 2.88. The van der Waals surface area contributed by atoms with E-state index in [4.69, 9.17) is 0 Å². The van der Waals surface area contributed by atoms with Gasteiger partial charge in [0.15, 0.2) is 0 Å². The predicted molar refractivity (Wildman–Crippen MR) is 57.8 cm³/mol. The summed E-state index contributed by atoms with van der Waals surface area (Å²) in [7, 11) is 2.04. The van der Waals surface area contributed by atoms with Gasteiger partial charge in [0.05, 0.1) is 18.1 Å². The van der Waals surface area contributed by atoms with E-state index in [1.54, 1.807) is 17.2 Å². The molecule has 15 heavy (non-hydrogen) atoms. The van der Waals surface area contributed by atoms with Crippen molar-refractivity contribution in [3.8, 4) is 5.69 Å². The van der Waals surface area contributed by atoms with Crippen LogP contribution in [0.1, 0.15) is 0 Å². The van der Waals surface area contributed by atoms with Crippen LogP contribution in [-0.2, 0) is 7.05 Å². The summed E-state index contributed by atoms with van der Waals surface area (Å²) in [6, 6.07) is 8.26. The Morgan fingerprint density at radius 1 is 1.07 bits per heavy atom. The molecule has 4 nitrogen and oxygen atoms in total. The first-order valence-corrected chi connectivity index (χ1v) is 4.76. The topological polar surface area (TPSA) is 35.6 Å². The monoisotopic (exact) mass is 198 g/mol. The van der Waals surface area contributed by atoms with Gasteiger partial charge in [-0.1, -0.05) is 0 Å². The molecule has 0 N–H and O–H groups in total. The van der Waals surface area contributed by atoms with Gasteiger partial charge in [0.25, 0.3) is 0 Å². The van der Waals surface area contributed by atoms with Gasteiger partial charge in [-0.25, -0.2) is 0 Å². The first-order chi connectivity index (χ1) is 7.34. The summed E-state index contributed by atoms with van der Waals surface area (Å²) < 4.78 is 2.09. The summed E-state index contributed by atoms with van der Waals surface area (Å²) in [6.07, 6.45) is 5.40. The lowest BCUT2D eigenvalue weighted by Gasteiger charge is -2.00. The van der Waals surface area contributed by atoms with E-state index in [0.717, 1.165) is 5.69 Å². The molecule has 0 radical (unpaired) electrons. The molecular weight excluding hydrogens is 188 g/mol. The van der Waals surface area contributed by atoms with Gasteiger partial charge in [0.2, 0.25) is 0 Å². The molecule has 0 atom stereocenters. The summed E-state index contributed by atoms with van der Waals surface area (Å²) in [5.74, 6) is 0. The number of hydrogen-bond donors (Lipinski definition) is 0. The van der Waals surface area contributed by atoms with Gasteiger partial charge >= 0.3 is 0 Å². The zero-order valence-corrected chi connectivity index (χ0v) is 8.33. The molecule has 2 aromatic heterocycles. The van der Waals surface area contributed by atoms with Gasteiger partial charge in [-0.05, 0) is 24.3 Å². The molecular formula is C11H10N4. The Balaban J connectivity index is 2.23. The van der Waals surface area contributed by atoms with Crippen LogP contribution in [0.3, 0.4) is 0 Å². The van der Waals surface area contributed by atoms with E-state index in [1.807, 2.05) is 19.3 Å². The smallest absolute Gasteiger partial charge is 0.0864 e. The summed E-state index contributed by atoms with van der Waals surface area (Å²) in [5.41, 5.74) is 2.20. The normalized spacial score (nSPS) is 11.0. The second-order valence-corrected chi connectivity index (χ2v) is 3.49. The van der Waals surface area contributed by atoms with Crippen molar-refractivity contribution in [2.75, 3.05) is 0 Å². The van der Waals surface area contributed by atoms with Crippen molar-refractivity contribution in [1.29, 1.82) is 0 Å². The molecule has 0 amide bonds. The Hall–Kier alpha value is -2.10. The zero-order valence-electron chi connectivity index (χ0n) is 8.33. The molecule has 0 aliphatic heterocycles. The van der Waals surface area contributed by atoms with E-state index >= 15 is 0 Å². The highest BCUT2D eigenvalue weighted by Crippen LogP contribution is 2.17. The quantitative estimate of drug-likeness (QED) is 0.597. The molecule has 2 heterocycles. The second-order valence-electron chi connectivity index (χ2n) is 3.49. The van der Waals surface area contributed by atoms with Crippen LogP contribution in [0.4, 0.5) is 0 Å². The average molecular weight is 198 g/mol. The van der Waals surface area contributed by atoms with Crippen LogP contribution in [0.25, 0.3) is 16.6 Å². The fourth-order valence-electron chi connectivity index (χ4n) is 1.74. The van der Waals surface area contributed by atoms with E-state index in [1.165, 1.54) is 10.9 Å². The Kier molecular flexibility index (Phi) is 1.62. The molecule has 4 heteroatoms. The molecule has 0 saturated heterocycles. The van der Waals surface area contributed by atoms with Gasteiger partial charge in [-0.3, -0.25) is 0 Å². The Labute approximate surface area is 86.7 Å².